The van der Waals surface area contributed by atoms with Gasteiger partial charge in [-0.25, -0.2) is 9.79 Å². The number of carboxylic acid groups (broad SMARTS) is 1. The monoisotopic (exact) mass is 376 g/mol. The number of hydrogen-bond donors (Lipinski definition) is 1. The number of halogens is 2. The number of hydrogen-bond acceptors (Lipinski definition) is 2. The molecule has 1 fully saturated rings. The molecule has 2 aliphatic rings. The van der Waals surface area contributed by atoms with Crippen molar-refractivity contribution in [2.45, 2.75) is 68.8 Å². The molecule has 0 bridgehead atoms. The lowest BCUT2D eigenvalue weighted by Crippen LogP contribution is -2.43. The summed E-state index contributed by atoms with van der Waals surface area (Å²) in [5.74, 6) is 0. The van der Waals surface area contributed by atoms with Crippen LogP contribution in [-0.4, -0.2) is 37.7 Å². The van der Waals surface area contributed by atoms with Gasteiger partial charge < -0.3 is 5.11 Å². The summed E-state index contributed by atoms with van der Waals surface area (Å²) < 4.78 is -0.337. The maximum Gasteiger partial charge on any atom is 0.408 e. The van der Waals surface area contributed by atoms with E-state index in [4.69, 9.17) is 11.6 Å². The Balaban J connectivity index is 2.14. The fourth-order valence-corrected chi connectivity index (χ4v) is 3.69. The highest BCUT2D eigenvalue weighted by molar-refractivity contribution is 9.10. The van der Waals surface area contributed by atoms with Crippen LogP contribution in [0, 0.1) is 0 Å². The highest BCUT2D eigenvalue weighted by Gasteiger charge is 2.41. The molecule has 0 spiro atoms. The summed E-state index contributed by atoms with van der Waals surface area (Å²) in [4.78, 5) is 17.4. The second-order valence-electron chi connectivity index (χ2n) is 5.97. The highest BCUT2D eigenvalue weighted by Crippen LogP contribution is 2.41. The molecule has 1 heterocycles. The molecule has 2 unspecified atom stereocenters. The summed E-state index contributed by atoms with van der Waals surface area (Å²) in [5.41, 5.74) is 1.03. The van der Waals surface area contributed by atoms with Gasteiger partial charge in [-0.3, -0.25) is 4.90 Å². The Bertz CT molecular complexity index is 476. The molecule has 1 N–H and O–H groups in total. The summed E-state index contributed by atoms with van der Waals surface area (Å²) in [7, 11) is 0. The molecule has 1 aliphatic heterocycles. The molecule has 1 saturated carbocycles. The lowest BCUT2D eigenvalue weighted by atomic mass is 9.90. The van der Waals surface area contributed by atoms with Crippen LogP contribution >= 0.6 is 27.5 Å². The van der Waals surface area contributed by atoms with Gasteiger partial charge in [0.05, 0.1) is 10.4 Å². The first-order valence-corrected chi connectivity index (χ1v) is 8.69. The van der Waals surface area contributed by atoms with Gasteiger partial charge in [-0.2, -0.15) is 0 Å². The Morgan fingerprint density at radius 3 is 2.86 bits per heavy atom. The van der Waals surface area contributed by atoms with E-state index in [-0.39, 0.29) is 16.4 Å². The third-order valence-electron chi connectivity index (χ3n) is 4.24. The number of unbranched alkanes of at least 4 members (excludes halogenated alkanes) is 1. The van der Waals surface area contributed by atoms with Crippen LogP contribution < -0.4 is 0 Å². The van der Waals surface area contributed by atoms with Crippen LogP contribution in [0.3, 0.4) is 0 Å². The van der Waals surface area contributed by atoms with E-state index >= 15 is 0 Å². The van der Waals surface area contributed by atoms with E-state index in [0.29, 0.717) is 11.6 Å². The Kier molecular flexibility index (Phi) is 5.36. The normalized spacial score (nSPS) is 26.9. The first-order valence-electron chi connectivity index (χ1n) is 7.52. The van der Waals surface area contributed by atoms with Gasteiger partial charge in [-0.1, -0.05) is 47.3 Å². The van der Waals surface area contributed by atoms with Gasteiger partial charge in [-0.05, 0) is 38.2 Å². The zero-order chi connectivity index (χ0) is 15.6. The Morgan fingerprint density at radius 1 is 1.67 bits per heavy atom. The third kappa shape index (κ3) is 3.81. The van der Waals surface area contributed by atoms with Crippen LogP contribution in [0.5, 0.6) is 0 Å². The van der Waals surface area contributed by atoms with Gasteiger partial charge in [0, 0.05) is 12.2 Å². The molecular formula is C15H22BrClN2O2. The summed E-state index contributed by atoms with van der Waals surface area (Å²) in [6, 6.07) is 0.0159. The van der Waals surface area contributed by atoms with Gasteiger partial charge in [0.15, 0.2) is 0 Å². The van der Waals surface area contributed by atoms with E-state index in [1.807, 2.05) is 6.92 Å². The molecule has 1 aliphatic carbocycles. The second kappa shape index (κ2) is 6.69. The van der Waals surface area contributed by atoms with Crippen molar-refractivity contribution >= 4 is 38.8 Å². The van der Waals surface area contributed by atoms with Crippen molar-refractivity contribution in [2.24, 2.45) is 4.99 Å². The predicted octanol–water partition coefficient (Wildman–Crippen LogP) is 4.77. The molecule has 0 aromatic carbocycles. The number of carbonyl (C=O) groups is 1. The third-order valence-corrected chi connectivity index (χ3v) is 5.98. The molecule has 2 atom stereocenters. The van der Waals surface area contributed by atoms with Crippen molar-refractivity contribution in [1.82, 2.24) is 4.90 Å². The largest absolute Gasteiger partial charge is 0.465 e. The van der Waals surface area contributed by atoms with Crippen LogP contribution in [0.4, 0.5) is 4.79 Å². The standard InChI is InChI=1S/C15H22BrClN2O2/c1-3-4-7-15(16)8-11(9-18-13(15)17)10(2)19(14(20)21)12-5-6-12/h9-10,12H,3-8H2,1-2H3,(H,20,21). The van der Waals surface area contributed by atoms with Gasteiger partial charge in [0.1, 0.15) is 5.17 Å². The van der Waals surface area contributed by atoms with Crippen molar-refractivity contribution < 1.29 is 9.90 Å². The van der Waals surface area contributed by atoms with E-state index in [9.17, 15) is 9.90 Å². The zero-order valence-corrected chi connectivity index (χ0v) is 14.8. The van der Waals surface area contributed by atoms with Crippen LogP contribution in [0.1, 0.15) is 52.4 Å². The SMILES string of the molecule is CCCCC1(Br)CC(C(C)N(C(=O)O)C2CC2)=CN=C1Cl. The molecule has 21 heavy (non-hydrogen) atoms. The van der Waals surface area contributed by atoms with Gasteiger partial charge in [-0.15, -0.1) is 0 Å². The minimum Gasteiger partial charge on any atom is -0.465 e. The lowest BCUT2D eigenvalue weighted by Gasteiger charge is -2.35. The summed E-state index contributed by atoms with van der Waals surface area (Å²) in [6.45, 7) is 4.09. The van der Waals surface area contributed by atoms with Crippen molar-refractivity contribution in [3.8, 4) is 0 Å². The average Bonchev–Trinajstić information content (AvgIpc) is 3.24. The topological polar surface area (TPSA) is 52.9 Å². The first-order chi connectivity index (χ1) is 9.89. The Morgan fingerprint density at radius 2 is 2.33 bits per heavy atom. The van der Waals surface area contributed by atoms with Crippen LogP contribution in [-0.2, 0) is 0 Å². The molecule has 0 saturated heterocycles. The lowest BCUT2D eigenvalue weighted by molar-refractivity contribution is 0.130. The number of amides is 1. The predicted molar refractivity (Wildman–Crippen MR) is 89.5 cm³/mol. The summed E-state index contributed by atoms with van der Waals surface area (Å²) >= 11 is 10.0. The first kappa shape index (κ1) is 16.8. The molecule has 118 valence electrons. The number of alkyl halides is 1. The molecule has 6 heteroatoms. The second-order valence-corrected chi connectivity index (χ2v) is 7.84. The highest BCUT2D eigenvalue weighted by atomic mass is 79.9. The molecule has 0 aromatic rings. The quantitative estimate of drug-likeness (QED) is 0.678. The molecule has 0 radical (unpaired) electrons. The molecular weight excluding hydrogens is 356 g/mol. The van der Waals surface area contributed by atoms with Crippen LogP contribution in [0.2, 0.25) is 0 Å². The fourth-order valence-electron chi connectivity index (χ4n) is 2.77. The number of aliphatic imine (C=N–C) groups is 1. The molecule has 0 aromatic heterocycles. The Hall–Kier alpha value is -0.550. The van der Waals surface area contributed by atoms with Crippen molar-refractivity contribution in [3.63, 3.8) is 0 Å². The van der Waals surface area contributed by atoms with Gasteiger partial charge in [0.25, 0.3) is 0 Å². The minimum atomic E-state index is -0.847. The summed E-state index contributed by atoms with van der Waals surface area (Å²) in [5, 5.41) is 10.0. The van der Waals surface area contributed by atoms with E-state index < -0.39 is 6.09 Å². The number of nitrogens with zero attached hydrogens (tertiary/aromatic N) is 2. The van der Waals surface area contributed by atoms with Crippen LogP contribution in [0.25, 0.3) is 0 Å². The molecule has 4 nitrogen and oxygen atoms in total. The van der Waals surface area contributed by atoms with Crippen molar-refractivity contribution in [2.75, 3.05) is 0 Å². The fraction of sp³-hybridized carbons (Fsp3) is 0.733. The smallest absolute Gasteiger partial charge is 0.408 e. The van der Waals surface area contributed by atoms with Gasteiger partial charge >= 0.3 is 6.09 Å². The van der Waals surface area contributed by atoms with E-state index in [1.54, 1.807) is 11.1 Å². The maximum absolute atomic E-state index is 11.5. The minimum absolute atomic E-state index is 0.151. The van der Waals surface area contributed by atoms with Crippen molar-refractivity contribution in [3.05, 3.63) is 11.8 Å². The average molecular weight is 378 g/mol. The number of rotatable bonds is 6. The van der Waals surface area contributed by atoms with E-state index in [0.717, 1.165) is 37.7 Å². The maximum atomic E-state index is 11.5. The Labute approximate surface area is 139 Å². The van der Waals surface area contributed by atoms with Gasteiger partial charge in [0.2, 0.25) is 0 Å². The van der Waals surface area contributed by atoms with E-state index in [2.05, 4.69) is 27.8 Å². The van der Waals surface area contributed by atoms with E-state index in [1.165, 1.54) is 0 Å². The zero-order valence-electron chi connectivity index (χ0n) is 12.5. The summed E-state index contributed by atoms with van der Waals surface area (Å²) in [6.07, 6.45) is 6.60. The molecule has 1 amide bonds. The van der Waals surface area contributed by atoms with Crippen molar-refractivity contribution in [1.29, 1.82) is 0 Å². The van der Waals surface area contributed by atoms with Crippen LogP contribution in [0.15, 0.2) is 16.8 Å². The molecule has 2 rings (SSSR count).